The van der Waals surface area contributed by atoms with Crippen LogP contribution in [-0.2, 0) is 6.54 Å². The summed E-state index contributed by atoms with van der Waals surface area (Å²) in [5, 5.41) is 14.2. The van der Waals surface area contributed by atoms with Gasteiger partial charge in [-0.15, -0.1) is 0 Å². The lowest BCUT2D eigenvalue weighted by Gasteiger charge is -2.13. The second-order valence-corrected chi connectivity index (χ2v) is 4.41. The molecule has 0 amide bonds. The number of nitrogens with zero attached hydrogens (tertiary/aromatic N) is 2. The number of thioether (sulfide) groups is 1. The van der Waals surface area contributed by atoms with Gasteiger partial charge in [0.2, 0.25) is 0 Å². The lowest BCUT2D eigenvalue weighted by molar-refractivity contribution is 0.187. The molecule has 86 valence electrons. The Balaban J connectivity index is 2.83. The first-order valence-corrected chi connectivity index (χ1v) is 6.25. The van der Waals surface area contributed by atoms with Gasteiger partial charge in [0.05, 0.1) is 13.3 Å². The topological polar surface area (TPSA) is 47.3 Å². The summed E-state index contributed by atoms with van der Waals surface area (Å²) in [5.74, 6) is 2.35. The van der Waals surface area contributed by atoms with E-state index >= 15 is 0 Å². The van der Waals surface area contributed by atoms with Gasteiger partial charge in [-0.25, -0.2) is 0 Å². The lowest BCUT2D eigenvalue weighted by atomic mass is 10.2. The Kier molecular flexibility index (Phi) is 4.98. The number of hydrogen-bond donors (Lipinski definition) is 1. The Hall–Kier alpha value is -0.680. The normalized spacial score (nSPS) is 12.8. The molecule has 0 radical (unpaired) electrons. The van der Waals surface area contributed by atoms with Crippen molar-refractivity contribution < 1.29 is 9.84 Å². The number of ether oxygens (including phenoxy) is 1. The first-order valence-electron chi connectivity index (χ1n) is 5.10. The zero-order chi connectivity index (χ0) is 11.3. The predicted octanol–water partition coefficient (Wildman–Crippen LogP) is 1.70. The van der Waals surface area contributed by atoms with Crippen molar-refractivity contribution >= 4 is 11.8 Å². The maximum atomic E-state index is 10.0. The van der Waals surface area contributed by atoms with Crippen LogP contribution in [0.1, 0.15) is 25.6 Å². The average molecular weight is 230 g/mol. The molecule has 1 rings (SSSR count). The summed E-state index contributed by atoms with van der Waals surface area (Å²) in [6.45, 7) is 4.81. The highest BCUT2D eigenvalue weighted by Gasteiger charge is 2.18. The molecule has 1 N–H and O–H groups in total. The first kappa shape index (κ1) is 12.4. The Morgan fingerprint density at radius 2 is 2.33 bits per heavy atom. The Morgan fingerprint density at radius 3 is 2.87 bits per heavy atom. The summed E-state index contributed by atoms with van der Waals surface area (Å²) in [5.41, 5.74) is 0.779. The molecule has 5 heteroatoms. The molecular formula is C10H18N2O2S. The van der Waals surface area contributed by atoms with E-state index in [1.54, 1.807) is 29.8 Å². The van der Waals surface area contributed by atoms with Crippen molar-refractivity contribution in [1.29, 1.82) is 0 Å². The molecule has 15 heavy (non-hydrogen) atoms. The van der Waals surface area contributed by atoms with E-state index in [1.807, 2.05) is 6.92 Å². The maximum absolute atomic E-state index is 10.0. The molecule has 4 nitrogen and oxygen atoms in total. The zero-order valence-corrected chi connectivity index (χ0v) is 10.3. The van der Waals surface area contributed by atoms with E-state index in [0.29, 0.717) is 11.5 Å². The van der Waals surface area contributed by atoms with E-state index in [9.17, 15) is 5.11 Å². The Morgan fingerprint density at radius 1 is 1.60 bits per heavy atom. The maximum Gasteiger partial charge on any atom is 0.162 e. The Labute approximate surface area is 94.6 Å². The molecule has 1 unspecified atom stereocenters. The van der Waals surface area contributed by atoms with Crippen molar-refractivity contribution in [2.45, 2.75) is 26.5 Å². The molecule has 0 aliphatic rings. The molecule has 0 saturated carbocycles. The number of rotatable bonds is 6. The van der Waals surface area contributed by atoms with Crippen molar-refractivity contribution in [3.8, 4) is 5.75 Å². The molecular weight excluding hydrogens is 212 g/mol. The van der Waals surface area contributed by atoms with E-state index in [0.717, 1.165) is 18.0 Å². The fourth-order valence-electron chi connectivity index (χ4n) is 1.43. The van der Waals surface area contributed by atoms with Crippen LogP contribution in [0.25, 0.3) is 0 Å². The minimum absolute atomic E-state index is 0.507. The highest BCUT2D eigenvalue weighted by Crippen LogP contribution is 2.27. The SMILES string of the molecule is CCSCC(O)c1c(OC)cnn1CC. The minimum Gasteiger partial charge on any atom is -0.493 e. The van der Waals surface area contributed by atoms with E-state index in [2.05, 4.69) is 12.0 Å². The van der Waals surface area contributed by atoms with Crippen molar-refractivity contribution in [2.75, 3.05) is 18.6 Å². The second-order valence-electron chi connectivity index (χ2n) is 3.09. The number of aliphatic hydroxyl groups excluding tert-OH is 1. The highest BCUT2D eigenvalue weighted by atomic mass is 32.2. The van der Waals surface area contributed by atoms with Crippen LogP contribution in [0.4, 0.5) is 0 Å². The monoisotopic (exact) mass is 230 g/mol. The van der Waals surface area contributed by atoms with Crippen molar-refractivity contribution in [3.05, 3.63) is 11.9 Å². The zero-order valence-electron chi connectivity index (χ0n) is 9.43. The van der Waals surface area contributed by atoms with Crippen LogP contribution in [0.2, 0.25) is 0 Å². The van der Waals surface area contributed by atoms with E-state index in [-0.39, 0.29) is 0 Å². The number of hydrogen-bond acceptors (Lipinski definition) is 4. The molecule has 0 aromatic carbocycles. The van der Waals surface area contributed by atoms with Crippen molar-refractivity contribution in [3.63, 3.8) is 0 Å². The highest BCUT2D eigenvalue weighted by molar-refractivity contribution is 7.99. The third kappa shape index (κ3) is 2.89. The second kappa shape index (κ2) is 6.02. The van der Waals surface area contributed by atoms with Gasteiger partial charge in [0.15, 0.2) is 5.75 Å². The molecule has 1 heterocycles. The third-order valence-corrected chi connectivity index (χ3v) is 3.12. The van der Waals surface area contributed by atoms with Gasteiger partial charge in [-0.2, -0.15) is 16.9 Å². The van der Waals surface area contributed by atoms with Crippen LogP contribution in [0.3, 0.4) is 0 Å². The predicted molar refractivity (Wildman–Crippen MR) is 62.4 cm³/mol. The summed E-state index contributed by atoms with van der Waals surface area (Å²) < 4.78 is 6.95. The van der Waals surface area contributed by atoms with Gasteiger partial charge in [0.1, 0.15) is 11.8 Å². The van der Waals surface area contributed by atoms with E-state index in [4.69, 9.17) is 4.74 Å². The molecule has 1 aromatic heterocycles. The number of aryl methyl sites for hydroxylation is 1. The van der Waals surface area contributed by atoms with Crippen LogP contribution in [0.15, 0.2) is 6.20 Å². The molecule has 0 aliphatic heterocycles. The number of aliphatic hydroxyl groups is 1. The van der Waals surface area contributed by atoms with Crippen LogP contribution in [0, 0.1) is 0 Å². The van der Waals surface area contributed by atoms with Crippen molar-refractivity contribution in [2.24, 2.45) is 0 Å². The third-order valence-electron chi connectivity index (χ3n) is 2.16. The summed E-state index contributed by atoms with van der Waals surface area (Å²) in [4.78, 5) is 0. The lowest BCUT2D eigenvalue weighted by Crippen LogP contribution is -2.11. The smallest absolute Gasteiger partial charge is 0.162 e. The molecule has 0 saturated heterocycles. The first-order chi connectivity index (χ1) is 7.24. The Bertz CT molecular complexity index is 280. The van der Waals surface area contributed by atoms with Crippen molar-refractivity contribution in [1.82, 2.24) is 9.78 Å². The van der Waals surface area contributed by atoms with E-state index in [1.165, 1.54) is 0 Å². The summed E-state index contributed by atoms with van der Waals surface area (Å²) in [6, 6.07) is 0. The number of aromatic nitrogens is 2. The molecule has 1 atom stereocenters. The number of methoxy groups -OCH3 is 1. The van der Waals surface area contributed by atoms with Crippen LogP contribution >= 0.6 is 11.8 Å². The summed E-state index contributed by atoms with van der Waals surface area (Å²) in [6.07, 6.45) is 1.14. The van der Waals surface area contributed by atoms with Gasteiger partial charge in [-0.3, -0.25) is 4.68 Å². The van der Waals surface area contributed by atoms with Gasteiger partial charge in [-0.05, 0) is 12.7 Å². The summed E-state index contributed by atoms with van der Waals surface area (Å²) >= 11 is 1.71. The standard InChI is InChI=1S/C10H18N2O2S/c1-4-12-10(8(13)7-15-5-2)9(14-3)6-11-12/h6,8,13H,4-5,7H2,1-3H3. The van der Waals surface area contributed by atoms with Crippen LogP contribution < -0.4 is 4.74 Å². The molecule has 0 aliphatic carbocycles. The fourth-order valence-corrected chi connectivity index (χ4v) is 2.05. The van der Waals surface area contributed by atoms with Gasteiger partial charge >= 0.3 is 0 Å². The molecule has 0 fully saturated rings. The van der Waals surface area contributed by atoms with Gasteiger partial charge < -0.3 is 9.84 Å². The molecule has 1 aromatic rings. The summed E-state index contributed by atoms with van der Waals surface area (Å²) in [7, 11) is 1.60. The minimum atomic E-state index is -0.507. The quantitative estimate of drug-likeness (QED) is 0.808. The molecule has 0 spiro atoms. The van der Waals surface area contributed by atoms with Gasteiger partial charge in [0, 0.05) is 12.3 Å². The van der Waals surface area contributed by atoms with E-state index < -0.39 is 6.10 Å². The van der Waals surface area contributed by atoms with Crippen LogP contribution in [0.5, 0.6) is 5.75 Å². The fraction of sp³-hybridized carbons (Fsp3) is 0.700. The average Bonchev–Trinajstić information content (AvgIpc) is 2.68. The van der Waals surface area contributed by atoms with Gasteiger partial charge in [0.25, 0.3) is 0 Å². The van der Waals surface area contributed by atoms with Gasteiger partial charge in [-0.1, -0.05) is 6.92 Å². The molecule has 0 bridgehead atoms. The largest absolute Gasteiger partial charge is 0.493 e. The van der Waals surface area contributed by atoms with Crippen LogP contribution in [-0.4, -0.2) is 33.5 Å².